The number of rotatable bonds is 2. The second kappa shape index (κ2) is 5.11. The van der Waals surface area contributed by atoms with Crippen molar-refractivity contribution in [1.29, 1.82) is 0 Å². The van der Waals surface area contributed by atoms with E-state index in [9.17, 15) is 0 Å². The SMILES string of the molecule is Clc1cc(Br)ccc1-c1ncncc1-n1ccnc1. The summed E-state index contributed by atoms with van der Waals surface area (Å²) < 4.78 is 2.78. The molecule has 2 aromatic heterocycles. The first kappa shape index (κ1) is 12.3. The zero-order valence-corrected chi connectivity index (χ0v) is 12.0. The van der Waals surface area contributed by atoms with Gasteiger partial charge < -0.3 is 4.57 Å². The molecule has 0 atom stereocenters. The van der Waals surface area contributed by atoms with Crippen LogP contribution in [0.2, 0.25) is 5.02 Å². The van der Waals surface area contributed by atoms with Gasteiger partial charge in [0, 0.05) is 22.4 Å². The van der Waals surface area contributed by atoms with Crippen LogP contribution in [0, 0.1) is 0 Å². The van der Waals surface area contributed by atoms with Crippen LogP contribution in [0.25, 0.3) is 16.9 Å². The van der Waals surface area contributed by atoms with E-state index in [4.69, 9.17) is 11.6 Å². The Hall–Kier alpha value is -1.72. The first-order valence-corrected chi connectivity index (χ1v) is 6.66. The highest BCUT2D eigenvalue weighted by molar-refractivity contribution is 9.10. The van der Waals surface area contributed by atoms with Gasteiger partial charge in [0.2, 0.25) is 0 Å². The van der Waals surface area contributed by atoms with Crippen LogP contribution in [0.4, 0.5) is 0 Å². The van der Waals surface area contributed by atoms with Crippen LogP contribution in [0.1, 0.15) is 0 Å². The Morgan fingerprint density at radius 3 is 2.84 bits per heavy atom. The number of nitrogens with zero attached hydrogens (tertiary/aromatic N) is 4. The quantitative estimate of drug-likeness (QED) is 0.716. The third-order valence-corrected chi connectivity index (χ3v) is 3.47. The van der Waals surface area contributed by atoms with Gasteiger partial charge >= 0.3 is 0 Å². The number of benzene rings is 1. The van der Waals surface area contributed by atoms with Crippen molar-refractivity contribution in [2.75, 3.05) is 0 Å². The summed E-state index contributed by atoms with van der Waals surface area (Å²) in [4.78, 5) is 12.4. The molecule has 0 aliphatic rings. The molecule has 0 aliphatic heterocycles. The van der Waals surface area contributed by atoms with E-state index in [0.29, 0.717) is 5.02 Å². The third-order valence-electron chi connectivity index (χ3n) is 2.66. The van der Waals surface area contributed by atoms with Crippen LogP contribution < -0.4 is 0 Å². The minimum atomic E-state index is 0.634. The Labute approximate surface area is 123 Å². The average Bonchev–Trinajstić information content (AvgIpc) is 2.93. The number of hydrogen-bond acceptors (Lipinski definition) is 3. The first-order chi connectivity index (χ1) is 9.25. The molecule has 3 rings (SSSR count). The molecule has 1 aromatic carbocycles. The topological polar surface area (TPSA) is 43.6 Å². The Morgan fingerprint density at radius 1 is 1.21 bits per heavy atom. The van der Waals surface area contributed by atoms with Crippen molar-refractivity contribution in [2.24, 2.45) is 0 Å². The summed E-state index contributed by atoms with van der Waals surface area (Å²) in [6.07, 6.45) is 8.50. The summed E-state index contributed by atoms with van der Waals surface area (Å²) in [5, 5.41) is 0.634. The molecule has 6 heteroatoms. The minimum absolute atomic E-state index is 0.634. The highest BCUT2D eigenvalue weighted by Gasteiger charge is 2.12. The van der Waals surface area contributed by atoms with Crippen LogP contribution >= 0.6 is 27.5 Å². The van der Waals surface area contributed by atoms with E-state index in [-0.39, 0.29) is 0 Å². The Bertz CT molecular complexity index is 712. The van der Waals surface area contributed by atoms with Gasteiger partial charge in [-0.1, -0.05) is 33.6 Å². The van der Waals surface area contributed by atoms with Crippen molar-refractivity contribution in [3.05, 3.63) is 58.9 Å². The molecule has 0 unspecified atom stereocenters. The zero-order chi connectivity index (χ0) is 13.2. The van der Waals surface area contributed by atoms with Crippen LogP contribution in [-0.2, 0) is 0 Å². The van der Waals surface area contributed by atoms with Crippen molar-refractivity contribution in [3.8, 4) is 16.9 Å². The molecule has 0 saturated carbocycles. The zero-order valence-electron chi connectivity index (χ0n) is 9.66. The van der Waals surface area contributed by atoms with Gasteiger partial charge in [-0.05, 0) is 12.1 Å². The average molecular weight is 336 g/mol. The summed E-state index contributed by atoms with van der Waals surface area (Å²) in [7, 11) is 0. The lowest BCUT2D eigenvalue weighted by Gasteiger charge is -2.10. The maximum absolute atomic E-state index is 6.28. The van der Waals surface area contributed by atoms with E-state index in [1.165, 1.54) is 6.33 Å². The van der Waals surface area contributed by atoms with Gasteiger partial charge in [-0.25, -0.2) is 15.0 Å². The summed E-state index contributed by atoms with van der Waals surface area (Å²) in [6, 6.07) is 5.70. The summed E-state index contributed by atoms with van der Waals surface area (Å²) >= 11 is 9.68. The van der Waals surface area contributed by atoms with Gasteiger partial charge in [0.05, 0.1) is 28.9 Å². The normalized spacial score (nSPS) is 10.6. The van der Waals surface area contributed by atoms with E-state index in [2.05, 4.69) is 30.9 Å². The molecule has 19 heavy (non-hydrogen) atoms. The van der Waals surface area contributed by atoms with Crippen molar-refractivity contribution in [2.45, 2.75) is 0 Å². The molecule has 0 fully saturated rings. The van der Waals surface area contributed by atoms with E-state index in [1.807, 2.05) is 29.0 Å². The molecule has 2 heterocycles. The van der Waals surface area contributed by atoms with E-state index in [1.54, 1.807) is 18.7 Å². The van der Waals surface area contributed by atoms with Crippen LogP contribution in [0.5, 0.6) is 0 Å². The summed E-state index contributed by atoms with van der Waals surface area (Å²) in [5.74, 6) is 0. The highest BCUT2D eigenvalue weighted by Crippen LogP contribution is 2.32. The second-order valence-electron chi connectivity index (χ2n) is 3.85. The number of imidazole rings is 1. The number of aromatic nitrogens is 4. The largest absolute Gasteiger partial charge is 0.303 e. The van der Waals surface area contributed by atoms with Gasteiger partial charge in [0.1, 0.15) is 6.33 Å². The fourth-order valence-corrected chi connectivity index (χ4v) is 2.56. The van der Waals surface area contributed by atoms with E-state index < -0.39 is 0 Å². The smallest absolute Gasteiger partial charge is 0.116 e. The molecular formula is C13H8BrClN4. The Balaban J connectivity index is 2.21. The van der Waals surface area contributed by atoms with Crippen molar-refractivity contribution in [3.63, 3.8) is 0 Å². The minimum Gasteiger partial charge on any atom is -0.303 e. The second-order valence-corrected chi connectivity index (χ2v) is 5.17. The summed E-state index contributed by atoms with van der Waals surface area (Å²) in [5.41, 5.74) is 2.46. The highest BCUT2D eigenvalue weighted by atomic mass is 79.9. The van der Waals surface area contributed by atoms with Crippen molar-refractivity contribution >= 4 is 27.5 Å². The molecule has 4 nitrogen and oxygen atoms in total. The number of halogens is 2. The van der Waals surface area contributed by atoms with Crippen LogP contribution in [-0.4, -0.2) is 19.5 Å². The van der Waals surface area contributed by atoms with Crippen molar-refractivity contribution < 1.29 is 0 Å². The predicted octanol–water partition coefficient (Wildman–Crippen LogP) is 3.75. The molecule has 94 valence electrons. The fourth-order valence-electron chi connectivity index (χ4n) is 1.80. The molecule has 0 amide bonds. The third kappa shape index (κ3) is 2.39. The maximum atomic E-state index is 6.28. The Kier molecular flexibility index (Phi) is 3.31. The lowest BCUT2D eigenvalue weighted by Crippen LogP contribution is -1.98. The van der Waals surface area contributed by atoms with E-state index >= 15 is 0 Å². The molecule has 0 bridgehead atoms. The summed E-state index contributed by atoms with van der Waals surface area (Å²) in [6.45, 7) is 0. The molecule has 3 aromatic rings. The fraction of sp³-hybridized carbons (Fsp3) is 0. The van der Waals surface area contributed by atoms with E-state index in [0.717, 1.165) is 21.4 Å². The van der Waals surface area contributed by atoms with Gasteiger partial charge in [0.25, 0.3) is 0 Å². The molecule has 0 N–H and O–H groups in total. The van der Waals surface area contributed by atoms with Crippen molar-refractivity contribution in [1.82, 2.24) is 19.5 Å². The Morgan fingerprint density at radius 2 is 2.11 bits per heavy atom. The van der Waals surface area contributed by atoms with Gasteiger partial charge in [-0.15, -0.1) is 0 Å². The monoisotopic (exact) mass is 334 g/mol. The van der Waals surface area contributed by atoms with Gasteiger partial charge in [-0.3, -0.25) is 0 Å². The molecule has 0 spiro atoms. The molecule has 0 radical (unpaired) electrons. The van der Waals surface area contributed by atoms with Crippen LogP contribution in [0.15, 0.2) is 53.9 Å². The van der Waals surface area contributed by atoms with Gasteiger partial charge in [0.15, 0.2) is 0 Å². The van der Waals surface area contributed by atoms with Crippen LogP contribution in [0.3, 0.4) is 0 Å². The first-order valence-electron chi connectivity index (χ1n) is 5.49. The predicted molar refractivity (Wildman–Crippen MR) is 77.3 cm³/mol. The standard InChI is InChI=1S/C13H8BrClN4/c14-9-1-2-10(11(15)5-9)13-12(6-17-7-18-13)19-4-3-16-8-19/h1-8H. The van der Waals surface area contributed by atoms with Gasteiger partial charge in [-0.2, -0.15) is 0 Å². The molecule has 0 saturated heterocycles. The number of hydrogen-bond donors (Lipinski definition) is 0. The molecule has 0 aliphatic carbocycles. The lowest BCUT2D eigenvalue weighted by molar-refractivity contribution is 1.01. The maximum Gasteiger partial charge on any atom is 0.116 e. The molecular weight excluding hydrogens is 328 g/mol. The lowest BCUT2D eigenvalue weighted by atomic mass is 10.1.